The number of anilines is 1. The van der Waals surface area contributed by atoms with Gasteiger partial charge in [-0.25, -0.2) is 14.1 Å². The highest BCUT2D eigenvalue weighted by atomic mass is 35.5. The first-order valence-electron chi connectivity index (χ1n) is 10.1. The second kappa shape index (κ2) is 9.31. The van der Waals surface area contributed by atoms with Crippen molar-refractivity contribution in [2.24, 2.45) is 7.05 Å². The third kappa shape index (κ3) is 4.87. The molecule has 1 aromatic heterocycles. The Morgan fingerprint density at radius 3 is 2.29 bits per heavy atom. The Labute approximate surface area is 207 Å². The number of rotatable bonds is 4. The SMILES string of the molecule is CN(C(=O)c1ccc(C(F)(F)F)cc1Cl)c1ccc(-c2nc(-c3c(F)cccc3Cl)nn2C)cc1. The van der Waals surface area contributed by atoms with Gasteiger partial charge in [-0.15, -0.1) is 0 Å². The Morgan fingerprint density at radius 2 is 1.69 bits per heavy atom. The summed E-state index contributed by atoms with van der Waals surface area (Å²) in [6.45, 7) is 0. The molecule has 0 aliphatic heterocycles. The smallest absolute Gasteiger partial charge is 0.311 e. The van der Waals surface area contributed by atoms with E-state index in [0.717, 1.165) is 18.2 Å². The van der Waals surface area contributed by atoms with Gasteiger partial charge >= 0.3 is 6.18 Å². The predicted octanol–water partition coefficient (Wildman–Crippen LogP) is 6.89. The molecule has 0 atom stereocenters. The molecule has 1 amide bonds. The lowest BCUT2D eigenvalue weighted by Gasteiger charge is -2.19. The lowest BCUT2D eigenvalue weighted by molar-refractivity contribution is -0.137. The van der Waals surface area contributed by atoms with Crippen molar-refractivity contribution < 1.29 is 22.4 Å². The van der Waals surface area contributed by atoms with Crippen molar-refractivity contribution in [1.82, 2.24) is 14.8 Å². The van der Waals surface area contributed by atoms with Crippen molar-refractivity contribution in [1.29, 1.82) is 0 Å². The highest BCUT2D eigenvalue weighted by molar-refractivity contribution is 6.34. The van der Waals surface area contributed by atoms with Crippen LogP contribution in [0.2, 0.25) is 10.0 Å². The van der Waals surface area contributed by atoms with E-state index in [1.165, 1.54) is 28.8 Å². The molecule has 0 aliphatic rings. The number of aromatic nitrogens is 3. The zero-order valence-corrected chi connectivity index (χ0v) is 19.8. The van der Waals surface area contributed by atoms with Crippen LogP contribution >= 0.6 is 23.2 Å². The van der Waals surface area contributed by atoms with E-state index in [1.54, 1.807) is 37.4 Å². The molecule has 0 bridgehead atoms. The number of halogens is 6. The lowest BCUT2D eigenvalue weighted by Crippen LogP contribution is -2.26. The molecule has 0 saturated heterocycles. The van der Waals surface area contributed by atoms with Crippen LogP contribution < -0.4 is 4.90 Å². The van der Waals surface area contributed by atoms with Gasteiger partial charge in [-0.1, -0.05) is 29.3 Å². The molecule has 1 heterocycles. The van der Waals surface area contributed by atoms with Gasteiger partial charge < -0.3 is 4.90 Å². The van der Waals surface area contributed by atoms with Gasteiger partial charge in [-0.2, -0.15) is 18.3 Å². The van der Waals surface area contributed by atoms with Crippen molar-refractivity contribution >= 4 is 34.8 Å². The zero-order valence-electron chi connectivity index (χ0n) is 18.2. The molecular formula is C24H16Cl2F4N4O. The molecule has 0 fully saturated rings. The van der Waals surface area contributed by atoms with Gasteiger partial charge in [0.15, 0.2) is 11.6 Å². The minimum atomic E-state index is -4.57. The van der Waals surface area contributed by atoms with E-state index >= 15 is 0 Å². The van der Waals surface area contributed by atoms with E-state index < -0.39 is 23.5 Å². The Kier molecular flexibility index (Phi) is 6.57. The van der Waals surface area contributed by atoms with Crippen molar-refractivity contribution in [3.8, 4) is 22.8 Å². The fourth-order valence-electron chi connectivity index (χ4n) is 3.45. The maximum atomic E-state index is 14.3. The molecule has 0 saturated carbocycles. The van der Waals surface area contributed by atoms with Gasteiger partial charge in [0.05, 0.1) is 26.7 Å². The molecule has 3 aromatic carbocycles. The molecule has 5 nitrogen and oxygen atoms in total. The summed E-state index contributed by atoms with van der Waals surface area (Å²) in [4.78, 5) is 18.5. The third-order valence-corrected chi connectivity index (χ3v) is 5.92. The van der Waals surface area contributed by atoms with E-state index in [4.69, 9.17) is 23.2 Å². The Balaban J connectivity index is 1.59. The largest absolute Gasteiger partial charge is 0.416 e. The van der Waals surface area contributed by atoms with Gasteiger partial charge in [0.2, 0.25) is 0 Å². The van der Waals surface area contributed by atoms with E-state index in [-0.39, 0.29) is 27.0 Å². The van der Waals surface area contributed by atoms with Crippen molar-refractivity contribution in [2.75, 3.05) is 11.9 Å². The number of carbonyl (C=O) groups is 1. The second-order valence-corrected chi connectivity index (χ2v) is 8.40. The zero-order chi connectivity index (χ0) is 25.5. The maximum absolute atomic E-state index is 14.3. The predicted molar refractivity (Wildman–Crippen MR) is 126 cm³/mol. The maximum Gasteiger partial charge on any atom is 0.416 e. The van der Waals surface area contributed by atoms with E-state index in [0.29, 0.717) is 17.1 Å². The van der Waals surface area contributed by atoms with Crippen LogP contribution in [0.5, 0.6) is 0 Å². The standard InChI is InChI=1S/C24H16Cl2F4N4O/c1-33(23(35)16-11-8-14(12-18(16)26)24(28,29)30)15-9-6-13(7-10-15)22-31-21(32-34(22)2)20-17(25)4-3-5-19(20)27/h3-12H,1-2H3. The van der Waals surface area contributed by atoms with E-state index in [9.17, 15) is 22.4 Å². The lowest BCUT2D eigenvalue weighted by atomic mass is 10.1. The minimum Gasteiger partial charge on any atom is -0.311 e. The van der Waals surface area contributed by atoms with Crippen LogP contribution in [0, 0.1) is 5.82 Å². The molecule has 4 rings (SSSR count). The fourth-order valence-corrected chi connectivity index (χ4v) is 3.96. The first-order valence-corrected chi connectivity index (χ1v) is 10.8. The molecule has 0 aliphatic carbocycles. The number of hydrogen-bond donors (Lipinski definition) is 0. The molecule has 35 heavy (non-hydrogen) atoms. The minimum absolute atomic E-state index is 0.0639. The van der Waals surface area contributed by atoms with Gasteiger partial charge in [0, 0.05) is 25.3 Å². The summed E-state index contributed by atoms with van der Waals surface area (Å²) in [5.41, 5.74) is 0.188. The first-order chi connectivity index (χ1) is 16.5. The molecule has 4 aromatic rings. The van der Waals surface area contributed by atoms with Gasteiger partial charge in [0.25, 0.3) is 5.91 Å². The number of aryl methyl sites for hydroxylation is 1. The van der Waals surface area contributed by atoms with Crippen LogP contribution in [0.1, 0.15) is 15.9 Å². The monoisotopic (exact) mass is 522 g/mol. The van der Waals surface area contributed by atoms with Gasteiger partial charge in [0.1, 0.15) is 5.82 Å². The average Bonchev–Trinajstić information content (AvgIpc) is 3.18. The van der Waals surface area contributed by atoms with Crippen LogP contribution in [-0.2, 0) is 13.2 Å². The Morgan fingerprint density at radius 1 is 1.00 bits per heavy atom. The van der Waals surface area contributed by atoms with Crippen LogP contribution in [0.3, 0.4) is 0 Å². The number of benzene rings is 3. The number of alkyl halides is 3. The third-order valence-electron chi connectivity index (χ3n) is 5.29. The topological polar surface area (TPSA) is 51.0 Å². The summed E-state index contributed by atoms with van der Waals surface area (Å²) in [6, 6.07) is 13.5. The summed E-state index contributed by atoms with van der Waals surface area (Å²) in [6.07, 6.45) is -4.57. The Hall–Kier alpha value is -3.43. The summed E-state index contributed by atoms with van der Waals surface area (Å²) < 4.78 is 54.4. The average molecular weight is 523 g/mol. The molecule has 0 unspecified atom stereocenters. The highest BCUT2D eigenvalue weighted by Gasteiger charge is 2.31. The van der Waals surface area contributed by atoms with Gasteiger partial charge in [-0.3, -0.25) is 4.79 Å². The van der Waals surface area contributed by atoms with Crippen molar-refractivity contribution in [2.45, 2.75) is 6.18 Å². The first kappa shape index (κ1) is 24.7. The molecule has 0 N–H and O–H groups in total. The molecule has 180 valence electrons. The Bertz CT molecular complexity index is 1400. The van der Waals surface area contributed by atoms with Crippen LogP contribution in [0.25, 0.3) is 22.8 Å². The van der Waals surface area contributed by atoms with Crippen LogP contribution in [0.15, 0.2) is 60.7 Å². The van der Waals surface area contributed by atoms with Crippen molar-refractivity contribution in [3.05, 3.63) is 87.7 Å². The normalized spacial score (nSPS) is 11.5. The van der Waals surface area contributed by atoms with E-state index in [1.807, 2.05) is 0 Å². The van der Waals surface area contributed by atoms with E-state index in [2.05, 4.69) is 10.1 Å². The number of hydrogen-bond acceptors (Lipinski definition) is 3. The summed E-state index contributed by atoms with van der Waals surface area (Å²) >= 11 is 12.1. The molecule has 0 radical (unpaired) electrons. The quantitative estimate of drug-likeness (QED) is 0.274. The summed E-state index contributed by atoms with van der Waals surface area (Å²) in [7, 11) is 3.13. The molecule has 0 spiro atoms. The van der Waals surface area contributed by atoms with Gasteiger partial charge in [-0.05, 0) is 54.6 Å². The number of amides is 1. The number of carbonyl (C=O) groups excluding carboxylic acids is 1. The highest BCUT2D eigenvalue weighted by Crippen LogP contribution is 2.33. The van der Waals surface area contributed by atoms with Crippen LogP contribution in [0.4, 0.5) is 23.2 Å². The summed E-state index contributed by atoms with van der Waals surface area (Å²) in [5.74, 6) is -0.566. The second-order valence-electron chi connectivity index (χ2n) is 7.58. The molecular weight excluding hydrogens is 507 g/mol. The fraction of sp³-hybridized carbons (Fsp3) is 0.125. The molecule has 11 heteroatoms. The summed E-state index contributed by atoms with van der Waals surface area (Å²) in [5, 5.41) is 4.14. The van der Waals surface area contributed by atoms with Crippen LogP contribution in [-0.4, -0.2) is 27.7 Å². The van der Waals surface area contributed by atoms with Crippen molar-refractivity contribution in [3.63, 3.8) is 0 Å². The number of nitrogens with zero attached hydrogens (tertiary/aromatic N) is 4.